The third-order valence-corrected chi connectivity index (χ3v) is 4.55. The maximum absolute atomic E-state index is 6.09. The van der Waals surface area contributed by atoms with Gasteiger partial charge >= 0.3 is 0 Å². The predicted molar refractivity (Wildman–Crippen MR) is 85.0 cm³/mol. The van der Waals surface area contributed by atoms with Gasteiger partial charge < -0.3 is 4.90 Å². The second-order valence-corrected chi connectivity index (χ2v) is 5.98. The van der Waals surface area contributed by atoms with Crippen molar-refractivity contribution in [3.05, 3.63) is 40.4 Å². The molecule has 1 aliphatic rings. The number of hydrogen-bond donors (Lipinski definition) is 0. The first-order valence-corrected chi connectivity index (χ1v) is 7.64. The van der Waals surface area contributed by atoms with E-state index in [0.717, 1.165) is 44.2 Å². The lowest BCUT2D eigenvalue weighted by Gasteiger charge is -2.35. The van der Waals surface area contributed by atoms with Gasteiger partial charge in [0.05, 0.1) is 16.6 Å². The van der Waals surface area contributed by atoms with E-state index in [1.54, 1.807) is 6.33 Å². The molecule has 7 heteroatoms. The summed E-state index contributed by atoms with van der Waals surface area (Å²) in [4.78, 5) is 8.99. The first kappa shape index (κ1) is 14.6. The highest BCUT2D eigenvalue weighted by molar-refractivity contribution is 6.42. The quantitative estimate of drug-likeness (QED) is 0.868. The van der Waals surface area contributed by atoms with Crippen LogP contribution < -0.4 is 4.90 Å². The summed E-state index contributed by atoms with van der Waals surface area (Å²) in [6.07, 6.45) is 1.60. The lowest BCUT2D eigenvalue weighted by molar-refractivity contribution is 0.241. The summed E-state index contributed by atoms with van der Waals surface area (Å²) in [5.41, 5.74) is 1.13. The molecule has 0 aliphatic carbocycles. The number of hydrogen-bond acceptors (Lipinski definition) is 4. The number of rotatable bonds is 3. The molecule has 0 unspecified atom stereocenters. The van der Waals surface area contributed by atoms with Crippen molar-refractivity contribution in [2.24, 2.45) is 7.05 Å². The summed E-state index contributed by atoms with van der Waals surface area (Å²) in [5, 5.41) is 5.31. The normalized spacial score (nSPS) is 16.4. The van der Waals surface area contributed by atoms with Crippen molar-refractivity contribution >= 4 is 28.9 Å². The Bertz CT molecular complexity index is 620. The van der Waals surface area contributed by atoms with Crippen molar-refractivity contribution in [1.82, 2.24) is 19.7 Å². The molecule has 1 aliphatic heterocycles. The minimum atomic E-state index is 0.598. The van der Waals surface area contributed by atoms with Crippen LogP contribution in [-0.2, 0) is 13.6 Å². The average molecular weight is 326 g/mol. The minimum absolute atomic E-state index is 0.598. The fourth-order valence-electron chi connectivity index (χ4n) is 2.51. The van der Waals surface area contributed by atoms with Crippen molar-refractivity contribution < 1.29 is 0 Å². The van der Waals surface area contributed by atoms with E-state index in [-0.39, 0.29) is 0 Å². The van der Waals surface area contributed by atoms with E-state index in [9.17, 15) is 0 Å². The average Bonchev–Trinajstić information content (AvgIpc) is 2.88. The molecule has 0 spiro atoms. The highest BCUT2D eigenvalue weighted by Gasteiger charge is 2.19. The van der Waals surface area contributed by atoms with E-state index >= 15 is 0 Å². The van der Waals surface area contributed by atoms with Gasteiger partial charge in [0, 0.05) is 38.9 Å². The zero-order chi connectivity index (χ0) is 14.8. The maximum Gasteiger partial charge on any atom is 0.140 e. The minimum Gasteiger partial charge on any atom is -0.369 e. The molecule has 1 aromatic carbocycles. The smallest absolute Gasteiger partial charge is 0.140 e. The van der Waals surface area contributed by atoms with Gasteiger partial charge in [0.2, 0.25) is 0 Å². The van der Waals surface area contributed by atoms with Crippen molar-refractivity contribution in [2.45, 2.75) is 6.54 Å². The molecule has 2 aromatic rings. The Hall–Kier alpha value is -1.30. The van der Waals surface area contributed by atoms with E-state index in [1.807, 2.05) is 29.9 Å². The topological polar surface area (TPSA) is 37.2 Å². The Balaban J connectivity index is 1.60. The molecule has 0 amide bonds. The number of benzene rings is 1. The molecular weight excluding hydrogens is 309 g/mol. The molecule has 1 aromatic heterocycles. The predicted octanol–water partition coefficient (Wildman–Crippen LogP) is 2.44. The SMILES string of the molecule is Cn1ncnc1CN1CCN(c2ccc(Cl)c(Cl)c2)CC1. The highest BCUT2D eigenvalue weighted by Crippen LogP contribution is 2.27. The largest absolute Gasteiger partial charge is 0.369 e. The van der Waals surface area contributed by atoms with Crippen molar-refractivity contribution in [3.8, 4) is 0 Å². The number of piperazine rings is 1. The van der Waals surface area contributed by atoms with Gasteiger partial charge in [-0.05, 0) is 18.2 Å². The Morgan fingerprint density at radius 1 is 1.10 bits per heavy atom. The molecule has 0 N–H and O–H groups in total. The molecule has 0 atom stereocenters. The molecule has 21 heavy (non-hydrogen) atoms. The van der Waals surface area contributed by atoms with Crippen LogP contribution >= 0.6 is 23.2 Å². The fraction of sp³-hybridized carbons (Fsp3) is 0.429. The third-order valence-electron chi connectivity index (χ3n) is 3.81. The second-order valence-electron chi connectivity index (χ2n) is 5.16. The highest BCUT2D eigenvalue weighted by atomic mass is 35.5. The first-order chi connectivity index (χ1) is 10.1. The summed E-state index contributed by atoms with van der Waals surface area (Å²) < 4.78 is 1.82. The van der Waals surface area contributed by atoms with Gasteiger partial charge in [-0.15, -0.1) is 0 Å². The number of aromatic nitrogens is 3. The van der Waals surface area contributed by atoms with E-state index < -0.39 is 0 Å². The zero-order valence-electron chi connectivity index (χ0n) is 11.8. The summed E-state index contributed by atoms with van der Waals surface area (Å²) >= 11 is 12.1. The van der Waals surface area contributed by atoms with Crippen LogP contribution in [0.15, 0.2) is 24.5 Å². The molecule has 0 saturated carbocycles. The molecule has 0 bridgehead atoms. The standard InChI is InChI=1S/C14H17Cl2N5/c1-19-14(17-10-18-19)9-20-4-6-21(7-5-20)11-2-3-12(15)13(16)8-11/h2-3,8,10H,4-7,9H2,1H3. The fourth-order valence-corrected chi connectivity index (χ4v) is 2.80. The van der Waals surface area contributed by atoms with Gasteiger partial charge in [0.25, 0.3) is 0 Å². The molecule has 1 fully saturated rings. The van der Waals surface area contributed by atoms with Crippen LogP contribution in [-0.4, -0.2) is 45.8 Å². The van der Waals surface area contributed by atoms with Crippen LogP contribution in [0, 0.1) is 0 Å². The first-order valence-electron chi connectivity index (χ1n) is 6.89. The molecule has 1 saturated heterocycles. The summed E-state index contributed by atoms with van der Waals surface area (Å²) in [6, 6.07) is 5.81. The molecule has 3 rings (SSSR count). The van der Waals surface area contributed by atoms with Crippen molar-refractivity contribution in [1.29, 1.82) is 0 Å². The van der Waals surface area contributed by atoms with Crippen molar-refractivity contribution in [3.63, 3.8) is 0 Å². The molecule has 0 radical (unpaired) electrons. The van der Waals surface area contributed by atoms with E-state index in [0.29, 0.717) is 10.0 Å². The van der Waals surface area contributed by atoms with Crippen LogP contribution in [0.1, 0.15) is 5.82 Å². The van der Waals surface area contributed by atoms with Gasteiger partial charge in [-0.3, -0.25) is 9.58 Å². The molecular formula is C14H17Cl2N5. The molecule has 5 nitrogen and oxygen atoms in total. The number of halogens is 2. The van der Waals surface area contributed by atoms with Gasteiger partial charge in [-0.25, -0.2) is 4.98 Å². The third kappa shape index (κ3) is 3.31. The summed E-state index contributed by atoms with van der Waals surface area (Å²) in [5.74, 6) is 0.998. The summed E-state index contributed by atoms with van der Waals surface area (Å²) in [6.45, 7) is 4.76. The summed E-state index contributed by atoms with van der Waals surface area (Å²) in [7, 11) is 1.92. The van der Waals surface area contributed by atoms with Crippen LogP contribution in [0.4, 0.5) is 5.69 Å². The van der Waals surface area contributed by atoms with E-state index in [1.165, 1.54) is 0 Å². The Morgan fingerprint density at radius 3 is 2.48 bits per heavy atom. The lowest BCUT2D eigenvalue weighted by atomic mass is 10.2. The molecule has 2 heterocycles. The van der Waals surface area contributed by atoms with E-state index in [2.05, 4.69) is 19.9 Å². The lowest BCUT2D eigenvalue weighted by Crippen LogP contribution is -2.46. The zero-order valence-corrected chi connectivity index (χ0v) is 13.3. The Labute approximate surface area is 134 Å². The van der Waals surface area contributed by atoms with Crippen LogP contribution in [0.5, 0.6) is 0 Å². The Kier molecular flexibility index (Phi) is 4.33. The number of anilines is 1. The number of aryl methyl sites for hydroxylation is 1. The van der Waals surface area contributed by atoms with Gasteiger partial charge in [0.1, 0.15) is 12.2 Å². The maximum atomic E-state index is 6.09. The monoisotopic (exact) mass is 325 g/mol. The molecule has 112 valence electrons. The van der Waals surface area contributed by atoms with E-state index in [4.69, 9.17) is 23.2 Å². The van der Waals surface area contributed by atoms with Crippen LogP contribution in [0.2, 0.25) is 10.0 Å². The second kappa shape index (κ2) is 6.22. The van der Waals surface area contributed by atoms with Gasteiger partial charge in [0.15, 0.2) is 0 Å². The Morgan fingerprint density at radius 2 is 1.86 bits per heavy atom. The van der Waals surface area contributed by atoms with Crippen molar-refractivity contribution in [2.75, 3.05) is 31.1 Å². The van der Waals surface area contributed by atoms with Gasteiger partial charge in [-0.2, -0.15) is 5.10 Å². The van der Waals surface area contributed by atoms with Crippen LogP contribution in [0.3, 0.4) is 0 Å². The number of nitrogens with zero attached hydrogens (tertiary/aromatic N) is 5. The van der Waals surface area contributed by atoms with Crippen LogP contribution in [0.25, 0.3) is 0 Å². The van der Waals surface area contributed by atoms with Gasteiger partial charge in [-0.1, -0.05) is 23.2 Å².